The van der Waals surface area contributed by atoms with Gasteiger partial charge in [0.25, 0.3) is 11.8 Å². The Bertz CT molecular complexity index is 1250. The van der Waals surface area contributed by atoms with Gasteiger partial charge in [-0.1, -0.05) is 30.7 Å². The summed E-state index contributed by atoms with van der Waals surface area (Å²) < 4.78 is 16.6. The summed E-state index contributed by atoms with van der Waals surface area (Å²) in [6.07, 6.45) is 0.370. The molecule has 0 radical (unpaired) electrons. The summed E-state index contributed by atoms with van der Waals surface area (Å²) in [6.45, 7) is 13.7. The van der Waals surface area contributed by atoms with Crippen LogP contribution in [0, 0.1) is 0 Å². The summed E-state index contributed by atoms with van der Waals surface area (Å²) in [5, 5.41) is 8.07. The second-order valence-electron chi connectivity index (χ2n) is 10.6. The second kappa shape index (κ2) is 11.1. The number of rotatable bonds is 9. The average molecular weight is 527 g/mol. The predicted molar refractivity (Wildman–Crippen MR) is 145 cm³/mol. The smallest absolute Gasteiger partial charge is 0.307 e. The molecule has 2 aromatic carbocycles. The summed E-state index contributed by atoms with van der Waals surface area (Å²) in [5.74, 6) is 1.65. The fraction of sp³-hybridized carbons (Fsp3) is 0.464. The minimum atomic E-state index is -0.460. The third-order valence-electron chi connectivity index (χ3n) is 5.82. The van der Waals surface area contributed by atoms with E-state index in [9.17, 15) is 4.79 Å². The van der Waals surface area contributed by atoms with Crippen LogP contribution in [0.4, 0.5) is 11.6 Å². The molecular formula is C28H35ClN4O4. The van der Waals surface area contributed by atoms with Gasteiger partial charge < -0.3 is 24.2 Å². The largest absolute Gasteiger partial charge is 0.489 e. The van der Waals surface area contributed by atoms with Gasteiger partial charge in [0, 0.05) is 36.8 Å². The molecule has 1 aromatic heterocycles. The van der Waals surface area contributed by atoms with Gasteiger partial charge in [0.15, 0.2) is 0 Å². The quantitative estimate of drug-likeness (QED) is 0.258. The topological polar surface area (TPSA) is 89.7 Å². The van der Waals surface area contributed by atoms with Crippen molar-refractivity contribution in [1.82, 2.24) is 15.5 Å². The molecule has 8 nitrogen and oxygen atoms in total. The van der Waals surface area contributed by atoms with Crippen LogP contribution in [0.5, 0.6) is 5.75 Å². The van der Waals surface area contributed by atoms with E-state index in [0.717, 1.165) is 23.4 Å². The van der Waals surface area contributed by atoms with Crippen molar-refractivity contribution < 1.29 is 18.8 Å². The monoisotopic (exact) mass is 526 g/mol. The van der Waals surface area contributed by atoms with Crippen molar-refractivity contribution in [1.29, 1.82) is 0 Å². The van der Waals surface area contributed by atoms with E-state index in [1.807, 2.05) is 46.8 Å². The lowest BCUT2D eigenvalue weighted by molar-refractivity contribution is -0.154. The van der Waals surface area contributed by atoms with Gasteiger partial charge in [-0.2, -0.15) is 4.98 Å². The van der Waals surface area contributed by atoms with Gasteiger partial charge in [0.05, 0.1) is 17.5 Å². The zero-order valence-electron chi connectivity index (χ0n) is 22.3. The Balaban J connectivity index is 1.40. The molecule has 1 aliphatic rings. The Morgan fingerprint density at radius 2 is 2.03 bits per heavy atom. The second-order valence-corrected chi connectivity index (χ2v) is 11.0. The van der Waals surface area contributed by atoms with E-state index < -0.39 is 5.60 Å². The number of nitrogens with zero attached hydrogens (tertiary/aromatic N) is 3. The maximum Gasteiger partial charge on any atom is 0.307 e. The fourth-order valence-corrected chi connectivity index (χ4v) is 4.48. The number of aromatic nitrogens is 2. The number of carbonyl (C=O) groups is 1. The van der Waals surface area contributed by atoms with E-state index in [-0.39, 0.29) is 12.1 Å². The van der Waals surface area contributed by atoms with Crippen LogP contribution in [0.15, 0.2) is 40.9 Å². The van der Waals surface area contributed by atoms with Gasteiger partial charge >= 0.3 is 5.97 Å². The van der Waals surface area contributed by atoms with Crippen LogP contribution in [0.1, 0.15) is 65.0 Å². The lowest BCUT2D eigenvalue weighted by Gasteiger charge is -2.19. The van der Waals surface area contributed by atoms with Crippen LogP contribution in [-0.2, 0) is 16.1 Å². The Morgan fingerprint density at radius 3 is 2.73 bits per heavy atom. The normalized spacial score (nSPS) is 15.2. The molecule has 3 aromatic rings. The summed E-state index contributed by atoms with van der Waals surface area (Å²) >= 11 is 6.39. The van der Waals surface area contributed by atoms with Crippen LogP contribution in [0.2, 0.25) is 5.02 Å². The van der Waals surface area contributed by atoms with Crippen LogP contribution in [-0.4, -0.2) is 40.9 Å². The van der Waals surface area contributed by atoms with Gasteiger partial charge in [-0.3, -0.25) is 4.79 Å². The Kier molecular flexibility index (Phi) is 8.09. The number of carbonyl (C=O) groups excluding carboxylic acids is 1. The molecule has 1 atom stereocenters. The minimum Gasteiger partial charge on any atom is -0.489 e. The number of hydrogen-bond donors (Lipinski definition) is 1. The first kappa shape index (κ1) is 26.9. The maximum absolute atomic E-state index is 11.9. The van der Waals surface area contributed by atoms with E-state index in [0.29, 0.717) is 48.0 Å². The molecule has 0 saturated heterocycles. The number of halogens is 1. The van der Waals surface area contributed by atoms with Gasteiger partial charge in [0.2, 0.25) is 0 Å². The maximum atomic E-state index is 11.9. The van der Waals surface area contributed by atoms with Gasteiger partial charge in [-0.25, -0.2) is 0 Å². The highest BCUT2D eigenvalue weighted by Crippen LogP contribution is 2.41. The summed E-state index contributed by atoms with van der Waals surface area (Å²) in [5.41, 5.74) is 3.73. The van der Waals surface area contributed by atoms with E-state index in [4.69, 9.17) is 25.6 Å². The van der Waals surface area contributed by atoms with Crippen LogP contribution in [0.3, 0.4) is 0 Å². The van der Waals surface area contributed by atoms with E-state index in [1.165, 1.54) is 5.56 Å². The van der Waals surface area contributed by atoms with Crippen molar-refractivity contribution in [2.24, 2.45) is 0 Å². The average Bonchev–Trinajstić information content (AvgIpc) is 3.42. The number of anilines is 2. The first-order valence-corrected chi connectivity index (χ1v) is 13.0. The molecule has 1 N–H and O–H groups in total. The molecule has 0 amide bonds. The van der Waals surface area contributed by atoms with E-state index >= 15 is 0 Å². The minimum absolute atomic E-state index is 0.0316. The zero-order chi connectivity index (χ0) is 26.7. The van der Waals surface area contributed by atoms with E-state index in [1.54, 1.807) is 6.07 Å². The highest BCUT2D eigenvalue weighted by molar-refractivity contribution is 6.32. The lowest BCUT2D eigenvalue weighted by Crippen LogP contribution is -2.26. The van der Waals surface area contributed by atoms with Crippen LogP contribution in [0.25, 0.3) is 11.5 Å². The molecule has 0 saturated carbocycles. The molecule has 0 bridgehead atoms. The third kappa shape index (κ3) is 6.81. The molecule has 0 fully saturated rings. The van der Waals surface area contributed by atoms with E-state index in [2.05, 4.69) is 45.5 Å². The Labute approximate surface area is 223 Å². The fourth-order valence-electron chi connectivity index (χ4n) is 4.26. The number of fused-ring (bicyclic) bond motifs is 1. The first-order chi connectivity index (χ1) is 17.5. The van der Waals surface area contributed by atoms with Crippen molar-refractivity contribution in [3.63, 3.8) is 0 Å². The molecule has 9 heteroatoms. The third-order valence-corrected chi connectivity index (χ3v) is 6.12. The van der Waals surface area contributed by atoms with Crippen molar-refractivity contribution in [3.05, 3.63) is 52.5 Å². The van der Waals surface area contributed by atoms with Crippen molar-refractivity contribution in [3.8, 4) is 17.2 Å². The Morgan fingerprint density at radius 1 is 1.24 bits per heavy atom. The van der Waals surface area contributed by atoms with Crippen molar-refractivity contribution in [2.45, 2.75) is 72.1 Å². The highest BCUT2D eigenvalue weighted by atomic mass is 35.5. The molecular weight excluding hydrogens is 492 g/mol. The van der Waals surface area contributed by atoms with Gasteiger partial charge in [0.1, 0.15) is 11.4 Å². The molecule has 2 heterocycles. The molecule has 37 heavy (non-hydrogen) atoms. The molecule has 0 aliphatic carbocycles. The van der Waals surface area contributed by atoms with Gasteiger partial charge in [-0.15, -0.1) is 0 Å². The number of nitrogens with one attached hydrogen (secondary N) is 1. The SMILES string of the molecule is CC(C)Oc1ccc(-c2nc(N3CC(C)c4cc(CNCCC(=O)OC(C)(C)C)ccc43)no2)cc1Cl. The number of hydrogen-bond acceptors (Lipinski definition) is 8. The molecule has 1 unspecified atom stereocenters. The predicted octanol–water partition coefficient (Wildman–Crippen LogP) is 6.25. The molecule has 198 valence electrons. The lowest BCUT2D eigenvalue weighted by atomic mass is 10.0. The molecule has 4 rings (SSSR count). The summed E-state index contributed by atoms with van der Waals surface area (Å²) in [6, 6.07) is 11.8. The first-order valence-electron chi connectivity index (χ1n) is 12.6. The molecule has 0 spiro atoms. The van der Waals surface area contributed by atoms with Crippen molar-refractivity contribution >= 4 is 29.2 Å². The van der Waals surface area contributed by atoms with Crippen LogP contribution < -0.4 is 15.0 Å². The standard InChI is InChI=1S/C28H35ClN4O4/c1-17(2)35-24-10-8-20(14-22(24)29)26-31-27(32-37-26)33-16-18(3)21-13-19(7-9-23(21)33)15-30-12-11-25(34)36-28(4,5)6/h7-10,13-14,17-18,30H,11-12,15-16H2,1-6H3. The number of ether oxygens (including phenoxy) is 2. The number of esters is 1. The van der Waals surface area contributed by atoms with Gasteiger partial charge in [-0.05, 0) is 75.2 Å². The van der Waals surface area contributed by atoms with Crippen LogP contribution >= 0.6 is 11.6 Å². The highest BCUT2D eigenvalue weighted by Gasteiger charge is 2.30. The molecule has 1 aliphatic heterocycles. The zero-order valence-corrected chi connectivity index (χ0v) is 23.1. The Hall–Kier alpha value is -3.10. The van der Waals surface area contributed by atoms with Crippen molar-refractivity contribution in [2.75, 3.05) is 18.0 Å². The summed E-state index contributed by atoms with van der Waals surface area (Å²) in [7, 11) is 0. The number of benzene rings is 2. The summed E-state index contributed by atoms with van der Waals surface area (Å²) in [4.78, 5) is 18.6.